The third kappa shape index (κ3) is 5.11. The fourth-order valence-electron chi connectivity index (χ4n) is 4.31. The molecule has 5 rings (SSSR count). The first-order chi connectivity index (χ1) is 15.4. The third-order valence-electron chi connectivity index (χ3n) is 6.20. The first kappa shape index (κ1) is 22.7. The number of nitrogens with zero attached hydrogens (tertiary/aromatic N) is 3. The van der Waals surface area contributed by atoms with Crippen LogP contribution in [0.4, 0.5) is 17.2 Å². The Morgan fingerprint density at radius 2 is 1.97 bits per heavy atom. The number of hydrogen-bond donors (Lipinski definition) is 2. The SMILES string of the molecule is COC1CCC(C)CC1.Cc1nc(C)c(-c2ccc3c(c2)N(O)Cc2cccnc2N3)s1.[HH]. The molecule has 0 atom stereocenters. The molecule has 2 N–H and O–H groups in total. The minimum absolute atomic E-state index is 0. The van der Waals surface area contributed by atoms with Crippen molar-refractivity contribution in [3.05, 3.63) is 52.8 Å². The topological polar surface area (TPSA) is 70.5 Å². The van der Waals surface area contributed by atoms with E-state index in [4.69, 9.17) is 4.74 Å². The minimum atomic E-state index is 0. The molecule has 2 aromatic heterocycles. The number of nitrogens with one attached hydrogen (secondary N) is 1. The van der Waals surface area contributed by atoms with Gasteiger partial charge in [-0.15, -0.1) is 11.3 Å². The van der Waals surface area contributed by atoms with Crippen molar-refractivity contribution >= 4 is 28.5 Å². The van der Waals surface area contributed by atoms with Gasteiger partial charge in [0.15, 0.2) is 0 Å². The van der Waals surface area contributed by atoms with Gasteiger partial charge in [-0.05, 0) is 69.2 Å². The first-order valence-electron chi connectivity index (χ1n) is 11.2. The summed E-state index contributed by atoms with van der Waals surface area (Å²) in [7, 11) is 1.82. The van der Waals surface area contributed by atoms with E-state index in [1.54, 1.807) is 17.5 Å². The number of aryl methyl sites for hydroxylation is 2. The molecule has 6 nitrogen and oxygen atoms in total. The Hall–Kier alpha value is -2.48. The Kier molecular flexibility index (Phi) is 7.08. The fraction of sp³-hybridized carbons (Fsp3) is 0.440. The summed E-state index contributed by atoms with van der Waals surface area (Å²) in [4.78, 5) is 9.98. The van der Waals surface area contributed by atoms with Gasteiger partial charge in [0.2, 0.25) is 0 Å². The molecule has 172 valence electrons. The number of hydroxylamine groups is 1. The molecular weight excluding hydrogens is 420 g/mol. The summed E-state index contributed by atoms with van der Waals surface area (Å²) in [5.41, 5.74) is 4.62. The lowest BCUT2D eigenvalue weighted by molar-refractivity contribution is 0.0593. The van der Waals surface area contributed by atoms with Gasteiger partial charge in [-0.2, -0.15) is 0 Å². The zero-order valence-corrected chi connectivity index (χ0v) is 20.1. The molecule has 7 heteroatoms. The maximum Gasteiger partial charge on any atom is 0.135 e. The van der Waals surface area contributed by atoms with Crippen LogP contribution in [0.15, 0.2) is 36.5 Å². The summed E-state index contributed by atoms with van der Waals surface area (Å²) in [6, 6.07) is 9.86. The van der Waals surface area contributed by atoms with Crippen molar-refractivity contribution in [1.82, 2.24) is 9.97 Å². The van der Waals surface area contributed by atoms with Gasteiger partial charge in [0.1, 0.15) is 5.82 Å². The lowest BCUT2D eigenvalue weighted by Crippen LogP contribution is -2.18. The standard InChI is InChI=1S/C17H16N4OS.C8H16O.H2/c1-10-16(23-11(2)19-10)12-5-6-14-15(8-12)21(22)9-13-4-3-7-18-17(13)20-14;1-7-3-5-8(9-2)6-4-7;/h3-8,22H,9H2,1-2H3,(H,18,20);7-8H,3-6H2,1-2H3;1H. The smallest absolute Gasteiger partial charge is 0.135 e. The van der Waals surface area contributed by atoms with E-state index in [2.05, 4.69) is 22.2 Å². The van der Waals surface area contributed by atoms with Gasteiger partial charge in [-0.1, -0.05) is 19.1 Å². The molecule has 0 saturated heterocycles. The maximum absolute atomic E-state index is 10.5. The predicted molar refractivity (Wildman–Crippen MR) is 133 cm³/mol. The van der Waals surface area contributed by atoms with Crippen molar-refractivity contribution in [3.63, 3.8) is 0 Å². The van der Waals surface area contributed by atoms with E-state index in [0.29, 0.717) is 12.6 Å². The van der Waals surface area contributed by atoms with E-state index in [-0.39, 0.29) is 1.43 Å². The molecule has 2 aliphatic rings. The molecule has 1 aromatic carbocycles. The van der Waals surface area contributed by atoms with E-state index in [1.807, 2.05) is 51.3 Å². The average molecular weight is 455 g/mol. The highest BCUT2D eigenvalue weighted by molar-refractivity contribution is 7.15. The largest absolute Gasteiger partial charge is 0.381 e. The normalized spacial score (nSPS) is 19.7. The van der Waals surface area contributed by atoms with Crippen molar-refractivity contribution in [1.29, 1.82) is 0 Å². The molecule has 0 amide bonds. The molecule has 32 heavy (non-hydrogen) atoms. The summed E-state index contributed by atoms with van der Waals surface area (Å²) >= 11 is 1.67. The van der Waals surface area contributed by atoms with E-state index in [9.17, 15) is 5.21 Å². The van der Waals surface area contributed by atoms with Gasteiger partial charge < -0.3 is 10.1 Å². The number of thiazole rings is 1. The van der Waals surface area contributed by atoms with Crippen molar-refractivity contribution < 1.29 is 11.4 Å². The van der Waals surface area contributed by atoms with Gasteiger partial charge in [0.25, 0.3) is 0 Å². The number of aromatic nitrogens is 2. The van der Waals surface area contributed by atoms with Gasteiger partial charge in [-0.3, -0.25) is 10.3 Å². The van der Waals surface area contributed by atoms with Crippen LogP contribution in [0.3, 0.4) is 0 Å². The minimum Gasteiger partial charge on any atom is -0.381 e. The maximum atomic E-state index is 10.5. The molecule has 1 fully saturated rings. The molecule has 0 bridgehead atoms. The van der Waals surface area contributed by atoms with Crippen LogP contribution in [-0.4, -0.2) is 28.4 Å². The number of benzene rings is 1. The summed E-state index contributed by atoms with van der Waals surface area (Å²) in [5, 5.41) is 16.1. The first-order valence-corrected chi connectivity index (χ1v) is 12.0. The second kappa shape index (κ2) is 9.98. The highest BCUT2D eigenvalue weighted by Gasteiger charge is 2.20. The quantitative estimate of drug-likeness (QED) is 0.447. The van der Waals surface area contributed by atoms with Crippen LogP contribution in [0, 0.1) is 19.8 Å². The fourth-order valence-corrected chi connectivity index (χ4v) is 5.23. The van der Waals surface area contributed by atoms with Crippen LogP contribution in [0.1, 0.15) is 50.3 Å². The van der Waals surface area contributed by atoms with Gasteiger partial charge in [-0.25, -0.2) is 9.97 Å². The molecule has 0 spiro atoms. The summed E-state index contributed by atoms with van der Waals surface area (Å²) in [5.74, 6) is 1.72. The molecule has 3 aromatic rings. The third-order valence-corrected chi connectivity index (χ3v) is 7.32. The number of ether oxygens (including phenoxy) is 1. The van der Waals surface area contributed by atoms with Crippen LogP contribution < -0.4 is 10.4 Å². The number of fused-ring (bicyclic) bond motifs is 2. The average Bonchev–Trinajstić information content (AvgIpc) is 3.06. The van der Waals surface area contributed by atoms with Crippen LogP contribution in [0.25, 0.3) is 10.4 Å². The van der Waals surface area contributed by atoms with E-state index < -0.39 is 0 Å². The van der Waals surface area contributed by atoms with E-state index in [0.717, 1.165) is 49.8 Å². The molecule has 1 aliphatic heterocycles. The Bertz CT molecular complexity index is 1070. The van der Waals surface area contributed by atoms with Crippen molar-refractivity contribution in [3.8, 4) is 10.4 Å². The number of methoxy groups -OCH3 is 1. The van der Waals surface area contributed by atoms with Crippen LogP contribution in [0.2, 0.25) is 0 Å². The van der Waals surface area contributed by atoms with Crippen LogP contribution in [-0.2, 0) is 11.3 Å². The second-order valence-electron chi connectivity index (χ2n) is 8.69. The van der Waals surface area contributed by atoms with Gasteiger partial charge in [0, 0.05) is 20.3 Å². The van der Waals surface area contributed by atoms with E-state index >= 15 is 0 Å². The summed E-state index contributed by atoms with van der Waals surface area (Å²) in [6.45, 7) is 6.74. The van der Waals surface area contributed by atoms with E-state index in [1.165, 1.54) is 30.7 Å². The summed E-state index contributed by atoms with van der Waals surface area (Å²) < 4.78 is 5.24. The number of hydrogen-bond acceptors (Lipinski definition) is 7. The number of anilines is 3. The highest BCUT2D eigenvalue weighted by Crippen LogP contribution is 2.39. The molecule has 3 heterocycles. The monoisotopic (exact) mass is 454 g/mol. The predicted octanol–water partition coefficient (Wildman–Crippen LogP) is 6.73. The lowest BCUT2D eigenvalue weighted by atomic mass is 9.89. The number of pyridine rings is 1. The lowest BCUT2D eigenvalue weighted by Gasteiger charge is -2.24. The van der Waals surface area contributed by atoms with Crippen LogP contribution >= 0.6 is 11.3 Å². The molecule has 0 unspecified atom stereocenters. The summed E-state index contributed by atoms with van der Waals surface area (Å²) in [6.07, 6.45) is 7.59. The van der Waals surface area contributed by atoms with Crippen molar-refractivity contribution in [2.45, 2.75) is 59.1 Å². The zero-order valence-electron chi connectivity index (χ0n) is 19.3. The Morgan fingerprint density at radius 3 is 2.66 bits per heavy atom. The number of rotatable bonds is 2. The Morgan fingerprint density at radius 1 is 1.19 bits per heavy atom. The van der Waals surface area contributed by atoms with Crippen molar-refractivity contribution in [2.75, 3.05) is 17.5 Å². The highest BCUT2D eigenvalue weighted by atomic mass is 32.1. The van der Waals surface area contributed by atoms with Crippen LogP contribution in [0.5, 0.6) is 0 Å². The van der Waals surface area contributed by atoms with Gasteiger partial charge >= 0.3 is 0 Å². The second-order valence-corrected chi connectivity index (χ2v) is 9.89. The zero-order chi connectivity index (χ0) is 22.7. The Labute approximate surface area is 195 Å². The molecule has 0 radical (unpaired) electrons. The molecule has 1 saturated carbocycles. The molecule has 1 aliphatic carbocycles. The Balaban J connectivity index is 0.000000260. The van der Waals surface area contributed by atoms with Crippen molar-refractivity contribution in [2.24, 2.45) is 5.92 Å². The van der Waals surface area contributed by atoms with Gasteiger partial charge in [0.05, 0.1) is 39.6 Å². The molecular formula is C25H34N4O2S.